The van der Waals surface area contributed by atoms with Gasteiger partial charge in [0.2, 0.25) is 0 Å². The largest absolute Gasteiger partial charge is 0.399 e. The van der Waals surface area contributed by atoms with Crippen molar-refractivity contribution in [2.45, 2.75) is 19.8 Å². The van der Waals surface area contributed by atoms with Gasteiger partial charge in [-0.3, -0.25) is 0 Å². The Hall–Kier alpha value is -1.52. The Morgan fingerprint density at radius 3 is 2.70 bits per heavy atom. The van der Waals surface area contributed by atoms with Crippen molar-refractivity contribution in [1.29, 1.82) is 0 Å². The van der Waals surface area contributed by atoms with E-state index >= 15 is 0 Å². The van der Waals surface area contributed by atoms with Gasteiger partial charge in [-0.05, 0) is 31.9 Å². The summed E-state index contributed by atoms with van der Waals surface area (Å²) in [7, 11) is 1.51. The molecule has 0 atom stereocenters. The van der Waals surface area contributed by atoms with E-state index in [1.165, 1.54) is 7.11 Å². The van der Waals surface area contributed by atoms with Crippen LogP contribution in [0.2, 0.25) is 10.0 Å². The fraction of sp³-hybridized carbons (Fsp3) is 0.286. The van der Waals surface area contributed by atoms with Gasteiger partial charge in [-0.25, -0.2) is 0 Å². The molecular formula is C14H14Cl2N2O2. The molecule has 0 radical (unpaired) electrons. The van der Waals surface area contributed by atoms with Gasteiger partial charge in [-0.2, -0.15) is 0 Å². The van der Waals surface area contributed by atoms with Crippen LogP contribution < -0.4 is 0 Å². The van der Waals surface area contributed by atoms with E-state index in [-0.39, 0.29) is 0 Å². The molecule has 2 aromatic rings. The molecule has 0 aliphatic carbocycles. The maximum Gasteiger partial charge on any atom is 0.133 e. The molecule has 106 valence electrons. The summed E-state index contributed by atoms with van der Waals surface area (Å²) in [4.78, 5) is 4.89. The molecule has 0 fully saturated rings. The van der Waals surface area contributed by atoms with E-state index in [4.69, 9.17) is 32.6 Å². The number of aromatic nitrogens is 1. The molecule has 1 aromatic carbocycles. The quantitative estimate of drug-likeness (QED) is 0.611. The van der Waals surface area contributed by atoms with Crippen molar-refractivity contribution >= 4 is 28.9 Å². The predicted molar refractivity (Wildman–Crippen MR) is 79.6 cm³/mol. The number of hydrogen-bond donors (Lipinski definition) is 0. The molecule has 2 rings (SSSR count). The molecule has 6 heteroatoms. The van der Waals surface area contributed by atoms with Crippen molar-refractivity contribution in [3.8, 4) is 0 Å². The lowest BCUT2D eigenvalue weighted by molar-refractivity contribution is 0.213. The van der Waals surface area contributed by atoms with E-state index in [9.17, 15) is 0 Å². The summed E-state index contributed by atoms with van der Waals surface area (Å²) < 4.78 is 5.04. The third-order valence-electron chi connectivity index (χ3n) is 2.75. The maximum absolute atomic E-state index is 6.02. The van der Waals surface area contributed by atoms with Crippen LogP contribution in [0.3, 0.4) is 0 Å². The molecule has 1 aromatic heterocycles. The zero-order valence-electron chi connectivity index (χ0n) is 11.2. The van der Waals surface area contributed by atoms with Crippen LogP contribution in [0.5, 0.6) is 0 Å². The number of nitrogens with zero attached hydrogens (tertiary/aromatic N) is 2. The monoisotopic (exact) mass is 312 g/mol. The molecule has 0 aliphatic heterocycles. The lowest BCUT2D eigenvalue weighted by atomic mass is 10.0. The summed E-state index contributed by atoms with van der Waals surface area (Å²) in [5.41, 5.74) is 2.54. The van der Waals surface area contributed by atoms with Gasteiger partial charge >= 0.3 is 0 Å². The topological polar surface area (TPSA) is 47.6 Å². The molecular weight excluding hydrogens is 299 g/mol. The van der Waals surface area contributed by atoms with Crippen LogP contribution in [0.1, 0.15) is 23.4 Å². The number of rotatable bonds is 5. The number of benzene rings is 1. The molecule has 0 saturated carbocycles. The van der Waals surface area contributed by atoms with E-state index in [1.807, 2.05) is 19.1 Å². The second kappa shape index (κ2) is 6.77. The van der Waals surface area contributed by atoms with Gasteiger partial charge in [-0.15, -0.1) is 0 Å². The minimum atomic E-state index is 0.491. The number of aryl methyl sites for hydroxylation is 2. The van der Waals surface area contributed by atoms with Crippen LogP contribution in [-0.4, -0.2) is 18.0 Å². The first kappa shape index (κ1) is 14.9. The van der Waals surface area contributed by atoms with Crippen LogP contribution in [0.15, 0.2) is 33.9 Å². The van der Waals surface area contributed by atoms with Gasteiger partial charge in [0, 0.05) is 11.6 Å². The van der Waals surface area contributed by atoms with Gasteiger partial charge in [0.05, 0.1) is 21.5 Å². The minimum absolute atomic E-state index is 0.491. The molecule has 0 amide bonds. The summed E-state index contributed by atoms with van der Waals surface area (Å²) in [6, 6.07) is 7.28. The Bertz CT molecular complexity index is 623. The van der Waals surface area contributed by atoms with Gasteiger partial charge < -0.3 is 9.36 Å². The maximum atomic E-state index is 6.02. The van der Waals surface area contributed by atoms with Gasteiger partial charge in [0.25, 0.3) is 0 Å². The average Bonchev–Trinajstić information content (AvgIpc) is 2.84. The number of oxime groups is 1. The van der Waals surface area contributed by atoms with E-state index < -0.39 is 0 Å². The summed E-state index contributed by atoms with van der Waals surface area (Å²) in [6.07, 6.45) is 1.37. The highest BCUT2D eigenvalue weighted by atomic mass is 35.5. The van der Waals surface area contributed by atoms with Crippen LogP contribution in [0.25, 0.3) is 0 Å². The van der Waals surface area contributed by atoms with Gasteiger partial charge in [0.1, 0.15) is 12.9 Å². The molecule has 1 heterocycles. The highest BCUT2D eigenvalue weighted by Crippen LogP contribution is 2.23. The summed E-state index contributed by atoms with van der Waals surface area (Å²) in [6.45, 7) is 1.86. The average molecular weight is 313 g/mol. The molecule has 0 N–H and O–H groups in total. The first-order valence-electron chi connectivity index (χ1n) is 6.08. The third-order valence-corrected chi connectivity index (χ3v) is 3.49. The second-order valence-electron chi connectivity index (χ2n) is 4.28. The van der Waals surface area contributed by atoms with Gasteiger partial charge in [0.15, 0.2) is 0 Å². The summed E-state index contributed by atoms with van der Waals surface area (Å²) in [5, 5.41) is 9.00. The molecule has 0 bridgehead atoms. The fourth-order valence-electron chi connectivity index (χ4n) is 1.81. The van der Waals surface area contributed by atoms with Crippen molar-refractivity contribution in [2.75, 3.05) is 7.11 Å². The van der Waals surface area contributed by atoms with Crippen LogP contribution in [0.4, 0.5) is 0 Å². The van der Waals surface area contributed by atoms with E-state index in [1.54, 1.807) is 12.1 Å². The Labute approximate surface area is 127 Å². The molecule has 0 saturated heterocycles. The predicted octanol–water partition coefficient (Wildman–Crippen LogP) is 4.27. The summed E-state index contributed by atoms with van der Waals surface area (Å²) in [5.74, 6) is 0.791. The lowest BCUT2D eigenvalue weighted by Gasteiger charge is -2.06. The first-order valence-corrected chi connectivity index (χ1v) is 6.83. The first-order chi connectivity index (χ1) is 9.60. The van der Waals surface area contributed by atoms with Crippen molar-refractivity contribution in [3.05, 3.63) is 51.3 Å². The third kappa shape index (κ3) is 3.74. The molecule has 20 heavy (non-hydrogen) atoms. The second-order valence-corrected chi connectivity index (χ2v) is 5.09. The van der Waals surface area contributed by atoms with Crippen molar-refractivity contribution < 1.29 is 9.36 Å². The van der Waals surface area contributed by atoms with E-state index in [0.717, 1.165) is 22.7 Å². The molecule has 4 nitrogen and oxygen atoms in total. The Morgan fingerprint density at radius 1 is 1.30 bits per heavy atom. The summed E-state index contributed by atoms with van der Waals surface area (Å²) >= 11 is 11.9. The highest BCUT2D eigenvalue weighted by molar-refractivity contribution is 6.42. The number of hydrogen-bond acceptors (Lipinski definition) is 4. The van der Waals surface area contributed by atoms with E-state index in [2.05, 4.69) is 10.3 Å². The fourth-order valence-corrected chi connectivity index (χ4v) is 2.11. The van der Waals surface area contributed by atoms with Crippen molar-refractivity contribution in [1.82, 2.24) is 5.16 Å². The molecule has 0 spiro atoms. The van der Waals surface area contributed by atoms with E-state index in [0.29, 0.717) is 22.9 Å². The molecule has 0 unspecified atom stereocenters. The smallest absolute Gasteiger partial charge is 0.133 e. The van der Waals surface area contributed by atoms with Crippen LogP contribution in [-0.2, 0) is 11.3 Å². The van der Waals surface area contributed by atoms with Crippen LogP contribution in [0, 0.1) is 6.92 Å². The zero-order chi connectivity index (χ0) is 14.5. The normalized spacial score (nSPS) is 11.7. The Morgan fingerprint density at radius 2 is 2.10 bits per heavy atom. The Balaban J connectivity index is 2.14. The van der Waals surface area contributed by atoms with Crippen molar-refractivity contribution in [3.63, 3.8) is 0 Å². The Kier molecular flexibility index (Phi) is 5.04. The van der Waals surface area contributed by atoms with Gasteiger partial charge in [-0.1, -0.05) is 39.6 Å². The highest BCUT2D eigenvalue weighted by Gasteiger charge is 2.09. The lowest BCUT2D eigenvalue weighted by Crippen LogP contribution is -2.04. The molecule has 0 aliphatic rings. The van der Waals surface area contributed by atoms with Crippen molar-refractivity contribution in [2.24, 2.45) is 5.16 Å². The zero-order valence-corrected chi connectivity index (χ0v) is 12.7. The number of halogens is 2. The SMILES string of the molecule is CON=C(CCc1cc(C)on1)c1ccc(Cl)c(Cl)c1. The standard InChI is InChI=1S/C14H14Cl2N2O2/c1-9-7-11(17-20-9)4-6-14(18-19-2)10-3-5-12(15)13(16)8-10/h3,5,7-8H,4,6H2,1-2H3. The minimum Gasteiger partial charge on any atom is -0.399 e. The van der Waals surface area contributed by atoms with Crippen LogP contribution >= 0.6 is 23.2 Å².